The lowest BCUT2D eigenvalue weighted by Gasteiger charge is -2.36. The van der Waals surface area contributed by atoms with Crippen molar-refractivity contribution in [1.82, 2.24) is 4.90 Å². The Hall–Kier alpha value is -1.27. The summed E-state index contributed by atoms with van der Waals surface area (Å²) in [5.74, 6) is -0.0366. The Morgan fingerprint density at radius 1 is 1.26 bits per heavy atom. The number of benzene rings is 1. The van der Waals surface area contributed by atoms with Crippen molar-refractivity contribution in [3.8, 4) is 0 Å². The lowest BCUT2D eigenvalue weighted by Crippen LogP contribution is -2.47. The van der Waals surface area contributed by atoms with E-state index >= 15 is 0 Å². The predicted molar refractivity (Wildman–Crippen MR) is 112 cm³/mol. The summed E-state index contributed by atoms with van der Waals surface area (Å²) in [4.78, 5) is 28.9. The summed E-state index contributed by atoms with van der Waals surface area (Å²) in [5, 5.41) is 0.618. The number of carbonyl (C=O) groups is 2. The van der Waals surface area contributed by atoms with Crippen LogP contribution in [0.15, 0.2) is 22.7 Å². The Morgan fingerprint density at radius 2 is 1.85 bits per heavy atom. The zero-order valence-corrected chi connectivity index (χ0v) is 18.9. The van der Waals surface area contributed by atoms with Crippen LogP contribution in [-0.2, 0) is 9.53 Å². The Morgan fingerprint density at radius 3 is 2.33 bits per heavy atom. The van der Waals surface area contributed by atoms with E-state index in [1.165, 1.54) is 0 Å². The highest BCUT2D eigenvalue weighted by atomic mass is 79.9. The molecule has 1 aliphatic heterocycles. The number of carbonyl (C=O) groups excluding carboxylic acids is 2. The smallest absolute Gasteiger partial charge is 0.410 e. The highest BCUT2D eigenvalue weighted by Gasteiger charge is 2.33. The molecule has 1 saturated heterocycles. The van der Waals surface area contributed by atoms with Crippen LogP contribution >= 0.6 is 27.5 Å². The molecule has 0 aromatic heterocycles. The van der Waals surface area contributed by atoms with Crippen molar-refractivity contribution in [3.05, 3.63) is 27.7 Å². The van der Waals surface area contributed by atoms with E-state index < -0.39 is 5.60 Å². The van der Waals surface area contributed by atoms with Gasteiger partial charge in [0.1, 0.15) is 5.60 Å². The molecule has 0 unspecified atom stereocenters. The average molecular weight is 460 g/mol. The zero-order chi connectivity index (χ0) is 20.4. The zero-order valence-electron chi connectivity index (χ0n) is 16.6. The van der Waals surface area contributed by atoms with Gasteiger partial charge in [0.25, 0.3) is 0 Å². The molecular weight excluding hydrogens is 432 g/mol. The molecule has 150 valence electrons. The predicted octanol–water partition coefficient (Wildman–Crippen LogP) is 5.49. The topological polar surface area (TPSA) is 49.9 Å². The van der Waals surface area contributed by atoms with Crippen LogP contribution in [0.1, 0.15) is 47.5 Å². The summed E-state index contributed by atoms with van der Waals surface area (Å²) in [6.45, 7) is 10.6. The molecule has 0 saturated carbocycles. The molecule has 0 N–H and O–H groups in total. The molecule has 1 aromatic rings. The van der Waals surface area contributed by atoms with Gasteiger partial charge in [-0.2, -0.15) is 0 Å². The van der Waals surface area contributed by atoms with Crippen LogP contribution in [0, 0.1) is 5.92 Å². The average Bonchev–Trinajstić information content (AvgIpc) is 2.55. The second-order valence-corrected chi connectivity index (χ2v) is 9.43. The molecule has 27 heavy (non-hydrogen) atoms. The van der Waals surface area contributed by atoms with Crippen LogP contribution in [-0.4, -0.2) is 41.6 Å². The summed E-state index contributed by atoms with van der Waals surface area (Å²) in [6.07, 6.45) is 0.952. The standard InChI is InChI=1S/C20H28BrClN2O3/c1-13(2)24(17-7-6-15(22)12-16(17)21)18(25)14-8-10-23(11-9-14)19(26)27-20(3,4)5/h6-7,12-14H,8-11H2,1-5H3. The van der Waals surface area contributed by atoms with E-state index in [4.69, 9.17) is 16.3 Å². The van der Waals surface area contributed by atoms with E-state index in [-0.39, 0.29) is 24.0 Å². The maximum atomic E-state index is 13.2. The Balaban J connectivity index is 2.07. The van der Waals surface area contributed by atoms with Crippen LogP contribution in [0.5, 0.6) is 0 Å². The van der Waals surface area contributed by atoms with Crippen molar-refractivity contribution >= 4 is 45.2 Å². The van der Waals surface area contributed by atoms with Gasteiger partial charge in [0, 0.05) is 34.5 Å². The molecule has 1 aliphatic rings. The molecule has 1 heterocycles. The summed E-state index contributed by atoms with van der Waals surface area (Å²) < 4.78 is 6.22. The first-order valence-electron chi connectivity index (χ1n) is 9.25. The normalized spacial score (nSPS) is 15.8. The molecular formula is C20H28BrClN2O3. The molecule has 1 fully saturated rings. The number of anilines is 1. The van der Waals surface area contributed by atoms with Crippen LogP contribution in [0.25, 0.3) is 0 Å². The van der Waals surface area contributed by atoms with Crippen LogP contribution in [0.4, 0.5) is 10.5 Å². The first kappa shape index (κ1) is 22.0. The van der Waals surface area contributed by atoms with Gasteiger partial charge in [-0.15, -0.1) is 0 Å². The maximum Gasteiger partial charge on any atom is 0.410 e. The molecule has 2 amide bonds. The Labute approximate surface area is 175 Å². The lowest BCUT2D eigenvalue weighted by atomic mass is 9.94. The fourth-order valence-electron chi connectivity index (χ4n) is 3.16. The van der Waals surface area contributed by atoms with Crippen LogP contribution in [0.3, 0.4) is 0 Å². The molecule has 0 atom stereocenters. The monoisotopic (exact) mass is 458 g/mol. The van der Waals surface area contributed by atoms with Crippen molar-refractivity contribution in [2.75, 3.05) is 18.0 Å². The van der Waals surface area contributed by atoms with E-state index in [1.54, 1.807) is 17.0 Å². The number of ether oxygens (including phenoxy) is 1. The third-order valence-electron chi connectivity index (χ3n) is 4.42. The lowest BCUT2D eigenvalue weighted by molar-refractivity contribution is -0.124. The first-order valence-corrected chi connectivity index (χ1v) is 10.4. The molecule has 7 heteroatoms. The van der Waals surface area contributed by atoms with Gasteiger partial charge < -0.3 is 14.5 Å². The number of nitrogens with zero attached hydrogens (tertiary/aromatic N) is 2. The summed E-state index contributed by atoms with van der Waals surface area (Å²) in [5.41, 5.74) is 0.299. The molecule has 1 aromatic carbocycles. The fourth-order valence-corrected chi connectivity index (χ4v) is 4.03. The number of hydrogen-bond donors (Lipinski definition) is 0. The molecule has 2 rings (SSSR count). The van der Waals surface area contributed by atoms with Gasteiger partial charge in [-0.05, 0) is 81.6 Å². The molecule has 0 spiro atoms. The minimum absolute atomic E-state index is 0.0128. The van der Waals surface area contributed by atoms with Crippen LogP contribution < -0.4 is 4.90 Å². The third-order valence-corrected chi connectivity index (χ3v) is 5.29. The van der Waals surface area contributed by atoms with E-state index in [2.05, 4.69) is 15.9 Å². The van der Waals surface area contributed by atoms with E-state index in [1.807, 2.05) is 45.6 Å². The molecule has 0 aliphatic carbocycles. The van der Waals surface area contributed by atoms with Gasteiger partial charge >= 0.3 is 6.09 Å². The number of piperidine rings is 1. The first-order chi connectivity index (χ1) is 12.5. The number of halogens is 2. The van der Waals surface area contributed by atoms with Gasteiger partial charge in [0.2, 0.25) is 5.91 Å². The van der Waals surface area contributed by atoms with Gasteiger partial charge in [-0.3, -0.25) is 4.79 Å². The number of hydrogen-bond acceptors (Lipinski definition) is 3. The second kappa shape index (κ2) is 8.82. The summed E-state index contributed by atoms with van der Waals surface area (Å²) >= 11 is 9.56. The van der Waals surface area contributed by atoms with Crippen molar-refractivity contribution in [2.45, 2.75) is 59.1 Å². The van der Waals surface area contributed by atoms with Crippen LogP contribution in [0.2, 0.25) is 5.02 Å². The van der Waals surface area contributed by atoms with Gasteiger partial charge in [-0.1, -0.05) is 11.6 Å². The number of likely N-dealkylation sites (tertiary alicyclic amines) is 1. The largest absolute Gasteiger partial charge is 0.444 e. The quantitative estimate of drug-likeness (QED) is 0.600. The minimum atomic E-state index is -0.515. The van der Waals surface area contributed by atoms with E-state index in [0.717, 1.165) is 10.2 Å². The Bertz CT molecular complexity index is 695. The number of amides is 2. The maximum absolute atomic E-state index is 13.2. The SMILES string of the molecule is CC(C)N(C(=O)C1CCN(C(=O)OC(C)(C)C)CC1)c1ccc(Cl)cc1Br. The molecule has 0 bridgehead atoms. The highest BCUT2D eigenvalue weighted by molar-refractivity contribution is 9.10. The van der Waals surface area contributed by atoms with Gasteiger partial charge in [0.15, 0.2) is 0 Å². The van der Waals surface area contributed by atoms with Crippen molar-refractivity contribution in [3.63, 3.8) is 0 Å². The third kappa shape index (κ3) is 5.85. The van der Waals surface area contributed by atoms with Crippen molar-refractivity contribution in [2.24, 2.45) is 5.92 Å². The van der Waals surface area contributed by atoms with Gasteiger partial charge in [-0.25, -0.2) is 4.79 Å². The molecule has 0 radical (unpaired) electrons. The minimum Gasteiger partial charge on any atom is -0.444 e. The highest BCUT2D eigenvalue weighted by Crippen LogP contribution is 2.33. The summed E-state index contributed by atoms with van der Waals surface area (Å²) in [6, 6.07) is 5.46. The molecule has 5 nitrogen and oxygen atoms in total. The van der Waals surface area contributed by atoms with Crippen molar-refractivity contribution < 1.29 is 14.3 Å². The van der Waals surface area contributed by atoms with Crippen molar-refractivity contribution in [1.29, 1.82) is 0 Å². The number of rotatable bonds is 3. The second-order valence-electron chi connectivity index (χ2n) is 8.14. The Kier molecular flexibility index (Phi) is 7.20. The fraction of sp³-hybridized carbons (Fsp3) is 0.600. The summed E-state index contributed by atoms with van der Waals surface area (Å²) in [7, 11) is 0. The van der Waals surface area contributed by atoms with E-state index in [9.17, 15) is 9.59 Å². The van der Waals surface area contributed by atoms with Gasteiger partial charge in [0.05, 0.1) is 5.69 Å². The van der Waals surface area contributed by atoms with E-state index in [0.29, 0.717) is 31.0 Å².